The molecule has 2 heterocycles. The van der Waals surface area contributed by atoms with E-state index in [2.05, 4.69) is 38.4 Å². The third-order valence-electron chi connectivity index (χ3n) is 6.58. The van der Waals surface area contributed by atoms with Crippen LogP contribution in [0.3, 0.4) is 0 Å². The summed E-state index contributed by atoms with van der Waals surface area (Å²) in [5, 5.41) is 6.53. The monoisotopic (exact) mass is 570 g/mol. The van der Waals surface area contributed by atoms with E-state index in [0.717, 1.165) is 13.1 Å². The molecular weight excluding hydrogens is 536 g/mol. The highest BCUT2D eigenvalue weighted by Crippen LogP contribution is 2.32. The molecule has 39 heavy (non-hydrogen) atoms. The topological polar surface area (TPSA) is 99.7 Å². The lowest BCUT2D eigenvalue weighted by Gasteiger charge is -2.32. The molecule has 1 atom stereocenters. The van der Waals surface area contributed by atoms with Crippen molar-refractivity contribution in [3.63, 3.8) is 0 Å². The maximum absolute atomic E-state index is 13.3. The number of benzene rings is 2. The summed E-state index contributed by atoms with van der Waals surface area (Å²) < 4.78 is 19.2. The van der Waals surface area contributed by atoms with Gasteiger partial charge in [0.25, 0.3) is 5.91 Å². The second kappa shape index (κ2) is 12.2. The molecule has 3 aromatic rings. The first-order chi connectivity index (χ1) is 18.6. The van der Waals surface area contributed by atoms with Crippen LogP contribution in [-0.2, 0) is 9.52 Å². The van der Waals surface area contributed by atoms with Gasteiger partial charge in [-0.15, -0.1) is 0 Å². The molecule has 1 amide bonds. The van der Waals surface area contributed by atoms with Crippen molar-refractivity contribution in [3.05, 3.63) is 59.2 Å². The Hall–Kier alpha value is -3.34. The van der Waals surface area contributed by atoms with Crippen molar-refractivity contribution >= 4 is 56.0 Å². The Morgan fingerprint density at radius 3 is 2.54 bits per heavy atom. The van der Waals surface area contributed by atoms with Crippen molar-refractivity contribution in [2.24, 2.45) is 0 Å². The van der Waals surface area contributed by atoms with E-state index >= 15 is 0 Å². The second-order valence-electron chi connectivity index (χ2n) is 9.65. The zero-order chi connectivity index (χ0) is 28.2. The number of amides is 1. The Balaban J connectivity index is 1.59. The second-order valence-corrected chi connectivity index (χ2v) is 12.9. The largest absolute Gasteiger partial charge is 0.492 e. The molecule has 1 fully saturated rings. The minimum atomic E-state index is -2.55. The van der Waals surface area contributed by atoms with Crippen LogP contribution in [0.1, 0.15) is 31.1 Å². The minimum Gasteiger partial charge on any atom is -0.492 e. The van der Waals surface area contributed by atoms with E-state index in [-0.39, 0.29) is 17.1 Å². The van der Waals surface area contributed by atoms with Gasteiger partial charge in [0, 0.05) is 46.5 Å². The minimum absolute atomic E-state index is 0.0214. The first kappa shape index (κ1) is 28.7. The number of para-hydroxylation sites is 1. The summed E-state index contributed by atoms with van der Waals surface area (Å²) in [5.41, 5.74) is 1.78. The first-order valence-corrected chi connectivity index (χ1v) is 15.0. The molecule has 0 saturated carbocycles. The number of nitrogens with one attached hydrogen (secondary N) is 2. The van der Waals surface area contributed by atoms with Gasteiger partial charge in [-0.25, -0.2) is 4.98 Å². The Morgan fingerprint density at radius 2 is 1.85 bits per heavy atom. The molecule has 0 bridgehead atoms. The van der Waals surface area contributed by atoms with Crippen molar-refractivity contribution in [1.82, 2.24) is 19.8 Å². The van der Waals surface area contributed by atoms with Crippen molar-refractivity contribution in [1.29, 1.82) is 0 Å². The van der Waals surface area contributed by atoms with Crippen LogP contribution in [-0.4, -0.2) is 80.8 Å². The molecule has 4 rings (SSSR count). The molecule has 1 aliphatic heterocycles. The quantitative estimate of drug-likeness (QED) is 0.351. The summed E-state index contributed by atoms with van der Waals surface area (Å²) in [6.45, 7) is 9.15. The summed E-state index contributed by atoms with van der Waals surface area (Å²) in [7, 11) is -0.493. The number of rotatable bonds is 9. The highest BCUT2D eigenvalue weighted by molar-refractivity contribution is 8.01. The van der Waals surface area contributed by atoms with Gasteiger partial charge < -0.3 is 25.2 Å². The number of carbonyl (C=O) groups is 1. The predicted octanol–water partition coefficient (Wildman–Crippen LogP) is 4.89. The standard InChI is InChI=1S/C28H35ClN6O3S/c1-6-38-24-17-20(27(36)35-15-13-34(4)14-16-35)11-12-22(24)32-28-30-18-21(29)26(33-28)31-23-9-7-8-10-25(23)39(5,37)19(2)3/h7-12,17-19H,5-6,13-16H2,1-4H3,(H2,30,31,32,33). The van der Waals surface area contributed by atoms with E-state index in [1.165, 1.54) is 6.20 Å². The van der Waals surface area contributed by atoms with Gasteiger partial charge >= 0.3 is 0 Å². The third-order valence-corrected chi connectivity index (χ3v) is 9.48. The molecule has 0 radical (unpaired) electrons. The molecule has 11 heteroatoms. The van der Waals surface area contributed by atoms with E-state index in [1.807, 2.05) is 43.9 Å². The van der Waals surface area contributed by atoms with Gasteiger partial charge in [0.15, 0.2) is 5.82 Å². The predicted molar refractivity (Wildman–Crippen MR) is 160 cm³/mol. The van der Waals surface area contributed by atoms with E-state index in [1.54, 1.807) is 24.3 Å². The summed E-state index contributed by atoms with van der Waals surface area (Å²) in [5.74, 6) is 5.10. The maximum atomic E-state index is 13.3. The van der Waals surface area contributed by atoms with Gasteiger partial charge in [-0.3, -0.25) is 9.00 Å². The number of ether oxygens (including phenoxy) is 1. The Bertz CT molecular complexity index is 1440. The smallest absolute Gasteiger partial charge is 0.254 e. The fraction of sp³-hybridized carbons (Fsp3) is 0.357. The Morgan fingerprint density at radius 1 is 1.13 bits per heavy atom. The number of hydrogen-bond donors (Lipinski definition) is 2. The van der Waals surface area contributed by atoms with Crippen molar-refractivity contribution < 1.29 is 13.7 Å². The molecule has 0 spiro atoms. The van der Waals surface area contributed by atoms with Crippen molar-refractivity contribution in [2.75, 3.05) is 50.5 Å². The number of likely N-dealkylation sites (N-methyl/N-ethyl adjacent to an activating group) is 1. The van der Waals surface area contributed by atoms with E-state index in [4.69, 9.17) is 16.3 Å². The third kappa shape index (κ3) is 6.63. The molecular formula is C28H35ClN6O3S. The number of hydrogen-bond acceptors (Lipinski definition) is 8. The lowest BCUT2D eigenvalue weighted by molar-refractivity contribution is 0.0663. The normalized spacial score (nSPS) is 15.6. The van der Waals surface area contributed by atoms with Crippen LogP contribution in [0.4, 0.5) is 23.1 Å². The molecule has 9 nitrogen and oxygen atoms in total. The number of anilines is 4. The van der Waals surface area contributed by atoms with E-state index in [9.17, 15) is 9.00 Å². The van der Waals surface area contributed by atoms with Crippen LogP contribution in [0, 0.1) is 0 Å². The molecule has 0 aliphatic carbocycles. The van der Waals surface area contributed by atoms with Gasteiger partial charge in [-0.2, -0.15) is 4.98 Å². The van der Waals surface area contributed by atoms with Crippen molar-refractivity contribution in [3.8, 4) is 5.75 Å². The van der Waals surface area contributed by atoms with Gasteiger partial charge in [0.1, 0.15) is 10.8 Å². The zero-order valence-corrected chi connectivity index (χ0v) is 24.3. The summed E-state index contributed by atoms with van der Waals surface area (Å²) >= 11 is 6.43. The zero-order valence-electron chi connectivity index (χ0n) is 22.7. The molecule has 208 valence electrons. The summed E-state index contributed by atoms with van der Waals surface area (Å²) in [6.07, 6.45) is 1.48. The summed E-state index contributed by atoms with van der Waals surface area (Å²) in [6, 6.07) is 12.6. The van der Waals surface area contributed by atoms with E-state index in [0.29, 0.717) is 58.1 Å². The summed E-state index contributed by atoms with van der Waals surface area (Å²) in [4.78, 5) is 26.6. The molecule has 1 aromatic heterocycles. The van der Waals surface area contributed by atoms with Gasteiger partial charge in [0.05, 0.1) is 29.1 Å². The molecule has 1 saturated heterocycles. The highest BCUT2D eigenvalue weighted by Gasteiger charge is 2.22. The van der Waals surface area contributed by atoms with Crippen LogP contribution in [0.5, 0.6) is 5.75 Å². The van der Waals surface area contributed by atoms with Crippen LogP contribution in [0.2, 0.25) is 5.02 Å². The molecule has 1 unspecified atom stereocenters. The van der Waals surface area contributed by atoms with Gasteiger partial charge in [0.2, 0.25) is 5.95 Å². The first-order valence-electron chi connectivity index (χ1n) is 12.9. The number of piperazine rings is 1. The van der Waals surface area contributed by atoms with E-state index < -0.39 is 9.52 Å². The fourth-order valence-electron chi connectivity index (χ4n) is 4.11. The highest BCUT2D eigenvalue weighted by atomic mass is 35.5. The average molecular weight is 571 g/mol. The van der Waals surface area contributed by atoms with Crippen molar-refractivity contribution in [2.45, 2.75) is 30.9 Å². The lowest BCUT2D eigenvalue weighted by Crippen LogP contribution is -2.47. The fourth-order valence-corrected chi connectivity index (χ4v) is 5.56. The molecule has 1 aliphatic rings. The lowest BCUT2D eigenvalue weighted by atomic mass is 10.1. The van der Waals surface area contributed by atoms with Crippen LogP contribution < -0.4 is 15.4 Å². The number of nitrogens with zero attached hydrogens (tertiary/aromatic N) is 4. The number of carbonyl (C=O) groups excluding carboxylic acids is 1. The van der Waals surface area contributed by atoms with Crippen LogP contribution in [0.15, 0.2) is 53.6 Å². The SMILES string of the molecule is C=S(=O)(c1ccccc1Nc1nc(Nc2ccc(C(=O)N3CCN(C)CC3)cc2OCC)ncc1Cl)C(C)C. The number of halogens is 1. The molecule has 2 aromatic carbocycles. The average Bonchev–Trinajstić information content (AvgIpc) is 2.92. The Labute approximate surface area is 235 Å². The number of aromatic nitrogens is 2. The molecule has 2 N–H and O–H groups in total. The Kier molecular flexibility index (Phi) is 8.99. The van der Waals surface area contributed by atoms with Gasteiger partial charge in [-0.1, -0.05) is 37.6 Å². The maximum Gasteiger partial charge on any atom is 0.254 e. The van der Waals surface area contributed by atoms with Crippen LogP contribution >= 0.6 is 11.6 Å². The van der Waals surface area contributed by atoms with Gasteiger partial charge in [-0.05, 0) is 50.2 Å². The van der Waals surface area contributed by atoms with Crippen LogP contribution in [0.25, 0.3) is 0 Å².